The Morgan fingerprint density at radius 2 is 1.93 bits per heavy atom. The molecule has 0 spiro atoms. The summed E-state index contributed by atoms with van der Waals surface area (Å²) in [6, 6.07) is 14.5. The predicted molar refractivity (Wildman–Crippen MR) is 118 cm³/mol. The fraction of sp³-hybridized carbons (Fsp3) is 0.333. The van der Waals surface area contributed by atoms with Crippen molar-refractivity contribution in [1.82, 2.24) is 9.80 Å². The van der Waals surface area contributed by atoms with E-state index in [0.29, 0.717) is 29.5 Å². The van der Waals surface area contributed by atoms with Gasteiger partial charge in [-0.25, -0.2) is 4.79 Å². The molecule has 2 atom stereocenters. The number of benzene rings is 2. The third kappa shape index (κ3) is 4.79. The molecule has 29 heavy (non-hydrogen) atoms. The van der Waals surface area contributed by atoms with Crippen LogP contribution in [0.15, 0.2) is 48.5 Å². The number of amides is 3. The number of para-hydroxylation sites is 2. The second-order valence-electron chi connectivity index (χ2n) is 6.74. The van der Waals surface area contributed by atoms with Gasteiger partial charge < -0.3 is 19.9 Å². The molecule has 0 aromatic heterocycles. The van der Waals surface area contributed by atoms with Gasteiger partial charge in [0.25, 0.3) is 0 Å². The van der Waals surface area contributed by atoms with E-state index in [0.717, 1.165) is 5.56 Å². The number of anilines is 1. The van der Waals surface area contributed by atoms with Crippen molar-refractivity contribution < 1.29 is 14.3 Å². The maximum Gasteiger partial charge on any atom is 0.321 e. The molecule has 1 aliphatic rings. The Hall–Kier alpha value is -2.38. The molecule has 1 N–H and O–H groups in total. The summed E-state index contributed by atoms with van der Waals surface area (Å²) in [5.41, 5.74) is 1.51. The number of hydrogen-bond acceptors (Lipinski definition) is 4. The van der Waals surface area contributed by atoms with Gasteiger partial charge in [-0.15, -0.1) is 11.8 Å². The smallest absolute Gasteiger partial charge is 0.321 e. The quantitative estimate of drug-likeness (QED) is 0.729. The van der Waals surface area contributed by atoms with Gasteiger partial charge >= 0.3 is 6.03 Å². The topological polar surface area (TPSA) is 61.9 Å². The average Bonchev–Trinajstić information content (AvgIpc) is 3.00. The monoisotopic (exact) mass is 433 g/mol. The number of urea groups is 1. The first-order valence-electron chi connectivity index (χ1n) is 9.28. The van der Waals surface area contributed by atoms with Crippen LogP contribution in [0.2, 0.25) is 5.02 Å². The third-order valence-electron chi connectivity index (χ3n) is 4.79. The maximum atomic E-state index is 12.7. The van der Waals surface area contributed by atoms with E-state index >= 15 is 0 Å². The van der Waals surface area contributed by atoms with Gasteiger partial charge in [-0.2, -0.15) is 0 Å². The number of likely N-dealkylation sites (N-methyl/N-ethyl adjacent to an activating group) is 1. The first-order valence-corrected chi connectivity index (χ1v) is 10.6. The van der Waals surface area contributed by atoms with Crippen molar-refractivity contribution in [1.29, 1.82) is 0 Å². The van der Waals surface area contributed by atoms with E-state index in [4.69, 9.17) is 16.3 Å². The number of carbonyl (C=O) groups excluding carboxylic acids is 2. The molecule has 1 aliphatic heterocycles. The first-order chi connectivity index (χ1) is 13.9. The maximum absolute atomic E-state index is 12.7. The van der Waals surface area contributed by atoms with Crippen LogP contribution in [0.5, 0.6) is 5.75 Å². The van der Waals surface area contributed by atoms with Crippen molar-refractivity contribution in [2.24, 2.45) is 0 Å². The molecule has 154 valence electrons. The Morgan fingerprint density at radius 3 is 2.66 bits per heavy atom. The molecule has 2 aromatic carbocycles. The number of thioether (sulfide) groups is 1. The van der Waals surface area contributed by atoms with Gasteiger partial charge in [0.2, 0.25) is 5.91 Å². The van der Waals surface area contributed by atoms with E-state index in [1.54, 1.807) is 47.9 Å². The van der Waals surface area contributed by atoms with Gasteiger partial charge in [-0.3, -0.25) is 4.79 Å². The Morgan fingerprint density at radius 1 is 1.24 bits per heavy atom. The highest BCUT2D eigenvalue weighted by molar-refractivity contribution is 8.01. The predicted octanol–water partition coefficient (Wildman–Crippen LogP) is 4.48. The number of methoxy groups -OCH3 is 1. The molecule has 0 aliphatic carbocycles. The Kier molecular flexibility index (Phi) is 6.92. The molecule has 2 aromatic rings. The lowest BCUT2D eigenvalue weighted by atomic mass is 10.2. The molecular formula is C21H24ClN3O3S. The molecule has 1 heterocycles. The minimum Gasteiger partial charge on any atom is -0.495 e. The van der Waals surface area contributed by atoms with E-state index < -0.39 is 0 Å². The minimum atomic E-state index is -0.267. The number of halogens is 1. The van der Waals surface area contributed by atoms with Crippen molar-refractivity contribution >= 4 is 41.0 Å². The van der Waals surface area contributed by atoms with Crippen LogP contribution < -0.4 is 10.1 Å². The Labute approximate surface area is 180 Å². The molecule has 8 heteroatoms. The van der Waals surface area contributed by atoms with Crippen LogP contribution in [-0.2, 0) is 4.79 Å². The summed E-state index contributed by atoms with van der Waals surface area (Å²) in [5, 5.41) is 3.17. The van der Waals surface area contributed by atoms with E-state index in [1.165, 1.54) is 0 Å². The second-order valence-corrected chi connectivity index (χ2v) is 8.57. The summed E-state index contributed by atoms with van der Waals surface area (Å²) in [6.45, 7) is 2.71. The van der Waals surface area contributed by atoms with Crippen molar-refractivity contribution in [2.75, 3.05) is 32.6 Å². The third-order valence-corrected chi connectivity index (χ3v) is 6.51. The molecular weight excluding hydrogens is 410 g/mol. The van der Waals surface area contributed by atoms with Gasteiger partial charge in [-0.05, 0) is 25.1 Å². The highest BCUT2D eigenvalue weighted by Gasteiger charge is 2.39. The lowest BCUT2D eigenvalue weighted by molar-refractivity contribution is -0.129. The zero-order chi connectivity index (χ0) is 21.0. The highest BCUT2D eigenvalue weighted by atomic mass is 35.5. The lowest BCUT2D eigenvalue weighted by Gasteiger charge is -2.27. The summed E-state index contributed by atoms with van der Waals surface area (Å²) in [4.78, 5) is 28.6. The zero-order valence-corrected chi connectivity index (χ0v) is 18.2. The van der Waals surface area contributed by atoms with Crippen LogP contribution in [0.25, 0.3) is 0 Å². The van der Waals surface area contributed by atoms with Gasteiger partial charge in [0.15, 0.2) is 0 Å². The van der Waals surface area contributed by atoms with Gasteiger partial charge in [0, 0.05) is 30.7 Å². The van der Waals surface area contributed by atoms with Gasteiger partial charge in [0.05, 0.1) is 18.0 Å². The zero-order valence-electron chi connectivity index (χ0n) is 16.6. The summed E-state index contributed by atoms with van der Waals surface area (Å²) in [6.07, 6.45) is 0. The molecule has 3 rings (SSSR count). The number of nitrogens with zero attached hydrogens (tertiary/aromatic N) is 2. The van der Waals surface area contributed by atoms with Crippen LogP contribution >= 0.6 is 23.4 Å². The highest BCUT2D eigenvalue weighted by Crippen LogP contribution is 2.44. The molecule has 0 radical (unpaired) electrons. The first kappa shape index (κ1) is 21.3. The van der Waals surface area contributed by atoms with Crippen LogP contribution in [0.3, 0.4) is 0 Å². The number of hydrogen-bond donors (Lipinski definition) is 1. The average molecular weight is 434 g/mol. The second kappa shape index (κ2) is 9.41. The molecule has 3 amide bonds. The van der Waals surface area contributed by atoms with Crippen LogP contribution in [0.4, 0.5) is 10.5 Å². The van der Waals surface area contributed by atoms with Gasteiger partial charge in [0.1, 0.15) is 11.1 Å². The summed E-state index contributed by atoms with van der Waals surface area (Å²) in [7, 11) is 3.26. The lowest BCUT2D eigenvalue weighted by Crippen LogP contribution is -2.40. The van der Waals surface area contributed by atoms with Crippen molar-refractivity contribution in [3.63, 3.8) is 0 Å². The Balaban J connectivity index is 1.66. The number of nitrogens with one attached hydrogen (secondary N) is 1. The molecule has 1 fully saturated rings. The molecule has 0 saturated carbocycles. The Bertz CT molecular complexity index is 895. The van der Waals surface area contributed by atoms with Crippen molar-refractivity contribution in [2.45, 2.75) is 17.5 Å². The summed E-state index contributed by atoms with van der Waals surface area (Å²) in [5.74, 6) is 0.645. The number of ether oxygens (including phenoxy) is 1. The molecule has 1 saturated heterocycles. The van der Waals surface area contributed by atoms with E-state index in [2.05, 4.69) is 5.32 Å². The summed E-state index contributed by atoms with van der Waals surface area (Å²) >= 11 is 7.93. The molecule has 2 unspecified atom stereocenters. The molecule has 6 nitrogen and oxygen atoms in total. The normalized spacial score (nSPS) is 18.6. The summed E-state index contributed by atoms with van der Waals surface area (Å²) < 4.78 is 5.27. The van der Waals surface area contributed by atoms with E-state index in [1.807, 2.05) is 43.3 Å². The van der Waals surface area contributed by atoms with Crippen LogP contribution in [0.1, 0.15) is 17.9 Å². The number of rotatable bonds is 6. The SMILES string of the molecule is COc1ccccc1NC(=O)N(C)CCN1C(=O)C(C)SC1c1ccccc1Cl. The minimum absolute atomic E-state index is 0.0541. The van der Waals surface area contributed by atoms with Crippen LogP contribution in [-0.4, -0.2) is 54.2 Å². The fourth-order valence-electron chi connectivity index (χ4n) is 3.14. The molecule has 0 bridgehead atoms. The van der Waals surface area contributed by atoms with E-state index in [9.17, 15) is 9.59 Å². The van der Waals surface area contributed by atoms with Crippen molar-refractivity contribution in [3.05, 3.63) is 59.1 Å². The van der Waals surface area contributed by atoms with Crippen LogP contribution in [0, 0.1) is 0 Å². The van der Waals surface area contributed by atoms with Gasteiger partial charge in [-0.1, -0.05) is 41.9 Å². The van der Waals surface area contributed by atoms with Crippen molar-refractivity contribution in [3.8, 4) is 5.75 Å². The largest absolute Gasteiger partial charge is 0.495 e. The number of carbonyl (C=O) groups is 2. The standard InChI is InChI=1S/C21H24ClN3O3S/c1-14-19(26)25(20(29-14)15-8-4-5-9-16(15)22)13-12-24(2)21(27)23-17-10-6-7-11-18(17)28-3/h4-11,14,20H,12-13H2,1-3H3,(H,23,27). The fourth-order valence-corrected chi connectivity index (χ4v) is 4.79. The van der Waals surface area contributed by atoms with E-state index in [-0.39, 0.29) is 22.6 Å².